The van der Waals surface area contributed by atoms with Crippen molar-refractivity contribution in [3.63, 3.8) is 0 Å². The van der Waals surface area contributed by atoms with Crippen LogP contribution in [0.4, 0.5) is 22.0 Å². The van der Waals surface area contributed by atoms with Gasteiger partial charge in [-0.1, -0.05) is 0 Å². The van der Waals surface area contributed by atoms with E-state index in [-0.39, 0.29) is 0 Å². The summed E-state index contributed by atoms with van der Waals surface area (Å²) >= 11 is 0. The van der Waals surface area contributed by atoms with Crippen molar-refractivity contribution in [2.45, 2.75) is 12.5 Å². The van der Waals surface area contributed by atoms with Gasteiger partial charge in [0.05, 0.1) is 0 Å². The Morgan fingerprint density at radius 2 is 1.67 bits per heavy atom. The topological polar surface area (TPSA) is 46.5 Å². The maximum atomic E-state index is 11.9. The third kappa shape index (κ3) is 3.58. The molecule has 0 aliphatic rings. The van der Waals surface area contributed by atoms with Gasteiger partial charge in [-0.2, -0.15) is 8.78 Å². The molecule has 0 aromatic rings. The largest absolute Gasteiger partial charge is 0.527 e. The molecule has 0 fully saturated rings. The van der Waals surface area contributed by atoms with E-state index in [1.807, 2.05) is 0 Å². The Morgan fingerprint density at radius 1 is 1.25 bits per heavy atom. The number of aliphatic hydroxyl groups excluding tert-OH is 1. The molecular weight excluding hydrogens is 191 g/mol. The molecule has 3 nitrogen and oxygen atoms in total. The summed E-state index contributed by atoms with van der Waals surface area (Å²) in [5, 5.41) is 7.79. The Kier molecular flexibility index (Phi) is 3.10. The summed E-state index contributed by atoms with van der Waals surface area (Å²) in [6.07, 6.45) is -10.6. The molecule has 0 aliphatic heterocycles. The van der Waals surface area contributed by atoms with E-state index in [0.29, 0.717) is 0 Å². The average molecular weight is 194 g/mol. The van der Waals surface area contributed by atoms with E-state index in [9.17, 15) is 26.7 Å². The molecule has 0 radical (unpaired) electrons. The summed E-state index contributed by atoms with van der Waals surface area (Å²) in [6, 6.07) is 0. The van der Waals surface area contributed by atoms with Crippen LogP contribution in [0.15, 0.2) is 0 Å². The van der Waals surface area contributed by atoms with Gasteiger partial charge in [0, 0.05) is 0 Å². The van der Waals surface area contributed by atoms with Crippen molar-refractivity contribution in [1.29, 1.82) is 0 Å². The fourth-order valence-corrected chi connectivity index (χ4v) is 0.294. The first-order chi connectivity index (χ1) is 5.19. The second kappa shape index (κ2) is 3.31. The molecule has 0 aliphatic carbocycles. The van der Waals surface area contributed by atoms with E-state index in [4.69, 9.17) is 5.11 Å². The minimum Gasteiger partial charge on any atom is -0.388 e. The summed E-state index contributed by atoms with van der Waals surface area (Å²) in [6.45, 7) is -1.72. The fourth-order valence-electron chi connectivity index (χ4n) is 0.294. The number of carbonyl (C=O) groups excluding carboxylic acids is 1. The molecule has 0 saturated carbocycles. The molecule has 0 heterocycles. The lowest BCUT2D eigenvalue weighted by Crippen LogP contribution is -2.39. The van der Waals surface area contributed by atoms with Gasteiger partial charge in [-0.15, -0.1) is 13.2 Å². The van der Waals surface area contributed by atoms with Crippen LogP contribution >= 0.6 is 0 Å². The number of halogens is 5. The van der Waals surface area contributed by atoms with Crippen LogP contribution in [0.1, 0.15) is 0 Å². The van der Waals surface area contributed by atoms with Gasteiger partial charge in [0.2, 0.25) is 0 Å². The Labute approximate surface area is 62.7 Å². The number of rotatable bonds is 3. The van der Waals surface area contributed by atoms with E-state index >= 15 is 0 Å². The zero-order valence-electron chi connectivity index (χ0n) is 5.36. The van der Waals surface area contributed by atoms with Gasteiger partial charge < -0.3 is 5.11 Å². The first-order valence-electron chi connectivity index (χ1n) is 2.48. The maximum Gasteiger partial charge on any atom is 0.527 e. The molecule has 0 atom stereocenters. The van der Waals surface area contributed by atoms with E-state index in [1.54, 1.807) is 0 Å². The number of ketones is 1. The van der Waals surface area contributed by atoms with Crippen molar-refractivity contribution in [3.8, 4) is 0 Å². The molecule has 0 rings (SSSR count). The van der Waals surface area contributed by atoms with Crippen LogP contribution < -0.4 is 0 Å². The molecule has 12 heavy (non-hydrogen) atoms. The van der Waals surface area contributed by atoms with Crippen LogP contribution in [0.3, 0.4) is 0 Å². The Bertz CT molecular complexity index is 174. The molecule has 0 aromatic carbocycles. The smallest absolute Gasteiger partial charge is 0.388 e. The number of alkyl halides is 5. The average Bonchev–Trinajstić information content (AvgIpc) is 1.80. The van der Waals surface area contributed by atoms with Crippen molar-refractivity contribution < 1.29 is 36.6 Å². The summed E-state index contributed by atoms with van der Waals surface area (Å²) in [5.41, 5.74) is 0. The van der Waals surface area contributed by atoms with E-state index in [2.05, 4.69) is 4.74 Å². The molecule has 0 bridgehead atoms. The van der Waals surface area contributed by atoms with E-state index < -0.39 is 24.9 Å². The molecule has 8 heteroatoms. The SMILES string of the molecule is O=C(CO)C(F)(F)OC(F)(F)F. The van der Waals surface area contributed by atoms with Crippen LogP contribution in [0.2, 0.25) is 0 Å². The van der Waals surface area contributed by atoms with Crippen molar-refractivity contribution >= 4 is 5.78 Å². The number of Topliss-reactive ketones (excluding diaryl/α,β-unsaturated/α-hetero) is 1. The zero-order chi connectivity index (χ0) is 9.99. The van der Waals surface area contributed by atoms with Crippen molar-refractivity contribution in [2.24, 2.45) is 0 Å². The third-order valence-electron chi connectivity index (χ3n) is 0.712. The first kappa shape index (κ1) is 11.2. The number of carbonyl (C=O) groups is 1. The Balaban J connectivity index is 4.32. The maximum absolute atomic E-state index is 11.9. The molecule has 0 amide bonds. The highest BCUT2D eigenvalue weighted by molar-refractivity contribution is 5.85. The Morgan fingerprint density at radius 3 is 1.92 bits per heavy atom. The van der Waals surface area contributed by atoms with Gasteiger partial charge in [-0.25, -0.2) is 4.74 Å². The predicted octanol–water partition coefficient (Wildman–Crippen LogP) is 0.677. The Hall–Kier alpha value is -0.760. The minimum absolute atomic E-state index is 1.72. The van der Waals surface area contributed by atoms with E-state index in [1.165, 1.54) is 0 Å². The predicted molar refractivity (Wildman–Crippen MR) is 24.2 cm³/mol. The van der Waals surface area contributed by atoms with Gasteiger partial charge in [-0.05, 0) is 0 Å². The lowest BCUT2D eigenvalue weighted by Gasteiger charge is -2.15. The highest BCUT2D eigenvalue weighted by atomic mass is 19.4. The number of hydrogen-bond acceptors (Lipinski definition) is 3. The summed E-state index contributed by atoms with van der Waals surface area (Å²) in [5.74, 6) is -2.35. The summed E-state index contributed by atoms with van der Waals surface area (Å²) in [7, 11) is 0. The highest BCUT2D eigenvalue weighted by Crippen LogP contribution is 2.28. The molecule has 0 unspecified atom stereocenters. The van der Waals surface area contributed by atoms with Crippen LogP contribution in [0, 0.1) is 0 Å². The van der Waals surface area contributed by atoms with Gasteiger partial charge in [0.25, 0.3) is 5.78 Å². The summed E-state index contributed by atoms with van der Waals surface area (Å²) in [4.78, 5) is 9.89. The monoisotopic (exact) mass is 194 g/mol. The zero-order valence-corrected chi connectivity index (χ0v) is 5.36. The van der Waals surface area contributed by atoms with Crippen LogP contribution in [0.25, 0.3) is 0 Å². The molecule has 72 valence electrons. The molecule has 1 N–H and O–H groups in total. The van der Waals surface area contributed by atoms with Crippen LogP contribution in [-0.2, 0) is 9.53 Å². The minimum atomic E-state index is -5.62. The quantitative estimate of drug-likeness (QED) is 0.672. The molecular formula is C4H3F5O3. The van der Waals surface area contributed by atoms with Crippen molar-refractivity contribution in [1.82, 2.24) is 0 Å². The van der Waals surface area contributed by atoms with Gasteiger partial charge in [0.15, 0.2) is 0 Å². The number of aliphatic hydroxyl groups is 1. The van der Waals surface area contributed by atoms with Gasteiger partial charge in [0.1, 0.15) is 6.61 Å². The van der Waals surface area contributed by atoms with Crippen LogP contribution in [-0.4, -0.2) is 30.0 Å². The standard InChI is InChI=1S/C4H3F5O3/c5-3(6,2(11)1-10)12-4(7,8)9/h10H,1H2. The highest BCUT2D eigenvalue weighted by Gasteiger charge is 2.49. The normalized spacial score (nSPS) is 13.2. The first-order valence-corrected chi connectivity index (χ1v) is 2.48. The molecule has 0 spiro atoms. The molecule has 0 saturated heterocycles. The molecule has 0 aromatic heterocycles. The van der Waals surface area contributed by atoms with E-state index in [0.717, 1.165) is 0 Å². The lowest BCUT2D eigenvalue weighted by molar-refractivity contribution is -0.409. The number of ether oxygens (including phenoxy) is 1. The van der Waals surface area contributed by atoms with Gasteiger partial charge in [-0.3, -0.25) is 4.79 Å². The van der Waals surface area contributed by atoms with Crippen LogP contribution in [0.5, 0.6) is 0 Å². The number of hydrogen-bond donors (Lipinski definition) is 1. The second-order valence-corrected chi connectivity index (χ2v) is 1.65. The van der Waals surface area contributed by atoms with Crippen molar-refractivity contribution in [3.05, 3.63) is 0 Å². The van der Waals surface area contributed by atoms with Crippen molar-refractivity contribution in [2.75, 3.05) is 6.61 Å². The summed E-state index contributed by atoms with van der Waals surface area (Å²) < 4.78 is 59.2. The lowest BCUT2D eigenvalue weighted by atomic mass is 10.4. The fraction of sp³-hybridized carbons (Fsp3) is 0.750. The third-order valence-corrected chi connectivity index (χ3v) is 0.712. The van der Waals surface area contributed by atoms with Gasteiger partial charge >= 0.3 is 12.5 Å². The second-order valence-electron chi connectivity index (χ2n) is 1.65.